The lowest BCUT2D eigenvalue weighted by Gasteiger charge is -2.32. The minimum atomic E-state index is -0.680. The van der Waals surface area contributed by atoms with E-state index in [4.69, 9.17) is 9.84 Å². The number of aliphatic carboxylic acids is 1. The van der Waals surface area contributed by atoms with Crippen LogP contribution in [0.25, 0.3) is 0 Å². The first-order valence-electron chi connectivity index (χ1n) is 7.68. The minimum Gasteiger partial charge on any atom is -0.481 e. The van der Waals surface area contributed by atoms with Crippen LogP contribution in [0.15, 0.2) is 24.3 Å². The molecule has 0 aromatic heterocycles. The van der Waals surface area contributed by atoms with Gasteiger partial charge in [0.05, 0.1) is 6.61 Å². The van der Waals surface area contributed by atoms with Crippen molar-refractivity contribution in [3.63, 3.8) is 0 Å². The molecule has 4 heteroatoms. The van der Waals surface area contributed by atoms with E-state index in [9.17, 15) is 4.79 Å². The number of ether oxygens (including phenoxy) is 1. The number of hydrogen-bond acceptors (Lipinski definition) is 3. The third-order valence-electron chi connectivity index (χ3n) is 4.11. The van der Waals surface area contributed by atoms with Gasteiger partial charge in [-0.05, 0) is 42.9 Å². The van der Waals surface area contributed by atoms with Crippen molar-refractivity contribution in [2.45, 2.75) is 38.8 Å². The highest BCUT2D eigenvalue weighted by Gasteiger charge is 2.20. The molecule has 1 unspecified atom stereocenters. The van der Waals surface area contributed by atoms with E-state index in [-0.39, 0.29) is 0 Å². The monoisotopic (exact) mass is 291 g/mol. The smallest absolute Gasteiger partial charge is 0.303 e. The number of rotatable bonds is 7. The van der Waals surface area contributed by atoms with Crippen LogP contribution in [0.2, 0.25) is 0 Å². The lowest BCUT2D eigenvalue weighted by atomic mass is 9.93. The highest BCUT2D eigenvalue weighted by Crippen LogP contribution is 2.22. The molecule has 0 radical (unpaired) electrons. The van der Waals surface area contributed by atoms with E-state index in [1.54, 1.807) is 7.11 Å². The average molecular weight is 291 g/mol. The van der Waals surface area contributed by atoms with E-state index in [0.717, 1.165) is 32.5 Å². The molecule has 0 amide bonds. The molecular weight excluding hydrogens is 266 g/mol. The summed E-state index contributed by atoms with van der Waals surface area (Å²) in [5.41, 5.74) is 2.51. The largest absolute Gasteiger partial charge is 0.481 e. The van der Waals surface area contributed by atoms with Gasteiger partial charge in [0, 0.05) is 26.6 Å². The van der Waals surface area contributed by atoms with Gasteiger partial charge in [-0.2, -0.15) is 0 Å². The molecule has 116 valence electrons. The van der Waals surface area contributed by atoms with Crippen LogP contribution in [0.5, 0.6) is 0 Å². The van der Waals surface area contributed by atoms with E-state index in [0.29, 0.717) is 18.9 Å². The second kappa shape index (κ2) is 8.15. The molecule has 1 N–H and O–H groups in total. The Morgan fingerprint density at radius 3 is 2.71 bits per heavy atom. The first kappa shape index (κ1) is 16.0. The first-order valence-corrected chi connectivity index (χ1v) is 7.68. The SMILES string of the molecule is COCc1ccc(CN2CCCC(CCC(=O)O)C2)cc1. The highest BCUT2D eigenvalue weighted by molar-refractivity contribution is 5.66. The van der Waals surface area contributed by atoms with Gasteiger partial charge < -0.3 is 9.84 Å². The molecule has 1 aliphatic rings. The zero-order chi connectivity index (χ0) is 15.1. The summed E-state index contributed by atoms with van der Waals surface area (Å²) in [7, 11) is 1.71. The first-order chi connectivity index (χ1) is 10.2. The topological polar surface area (TPSA) is 49.8 Å². The predicted octanol–water partition coefficient (Wildman–Crippen LogP) is 2.91. The Morgan fingerprint density at radius 1 is 1.33 bits per heavy atom. The Hall–Kier alpha value is -1.39. The van der Waals surface area contributed by atoms with Crippen molar-refractivity contribution in [2.75, 3.05) is 20.2 Å². The van der Waals surface area contributed by atoms with Crippen molar-refractivity contribution in [3.8, 4) is 0 Å². The highest BCUT2D eigenvalue weighted by atomic mass is 16.5. The number of carbonyl (C=O) groups is 1. The van der Waals surface area contributed by atoms with Crippen molar-refractivity contribution in [2.24, 2.45) is 5.92 Å². The second-order valence-electron chi connectivity index (χ2n) is 5.93. The fourth-order valence-corrected chi connectivity index (χ4v) is 3.02. The summed E-state index contributed by atoms with van der Waals surface area (Å²) in [5.74, 6) is -0.150. The number of nitrogens with zero attached hydrogens (tertiary/aromatic N) is 1. The molecule has 0 saturated carbocycles. The molecule has 1 aromatic rings. The summed E-state index contributed by atoms with van der Waals surface area (Å²) in [6, 6.07) is 8.56. The van der Waals surface area contributed by atoms with Crippen LogP contribution >= 0.6 is 0 Å². The third-order valence-corrected chi connectivity index (χ3v) is 4.11. The van der Waals surface area contributed by atoms with E-state index in [2.05, 4.69) is 29.2 Å². The fourth-order valence-electron chi connectivity index (χ4n) is 3.02. The third kappa shape index (κ3) is 5.48. The van der Waals surface area contributed by atoms with Gasteiger partial charge in [0.1, 0.15) is 0 Å². The summed E-state index contributed by atoms with van der Waals surface area (Å²) in [6.07, 6.45) is 3.44. The van der Waals surface area contributed by atoms with Crippen LogP contribution in [0.1, 0.15) is 36.8 Å². The number of carboxylic acid groups (broad SMARTS) is 1. The molecule has 1 atom stereocenters. The number of likely N-dealkylation sites (tertiary alicyclic amines) is 1. The van der Waals surface area contributed by atoms with Crippen molar-refractivity contribution in [3.05, 3.63) is 35.4 Å². The predicted molar refractivity (Wildman–Crippen MR) is 82.0 cm³/mol. The Morgan fingerprint density at radius 2 is 2.05 bits per heavy atom. The summed E-state index contributed by atoms with van der Waals surface area (Å²) in [6.45, 7) is 3.74. The number of piperidine rings is 1. The van der Waals surface area contributed by atoms with Gasteiger partial charge in [0.25, 0.3) is 0 Å². The molecule has 1 heterocycles. The van der Waals surface area contributed by atoms with Crippen molar-refractivity contribution < 1.29 is 14.6 Å². The maximum atomic E-state index is 10.7. The molecule has 1 saturated heterocycles. The van der Waals surface area contributed by atoms with Gasteiger partial charge in [-0.25, -0.2) is 0 Å². The average Bonchev–Trinajstić information content (AvgIpc) is 2.48. The van der Waals surface area contributed by atoms with Crippen molar-refractivity contribution >= 4 is 5.97 Å². The minimum absolute atomic E-state index is 0.296. The maximum Gasteiger partial charge on any atom is 0.303 e. The lowest BCUT2D eigenvalue weighted by Crippen LogP contribution is -2.35. The fraction of sp³-hybridized carbons (Fsp3) is 0.588. The van der Waals surface area contributed by atoms with Crippen molar-refractivity contribution in [1.29, 1.82) is 0 Å². The molecule has 0 aliphatic carbocycles. The normalized spacial score (nSPS) is 19.6. The van der Waals surface area contributed by atoms with Crippen molar-refractivity contribution in [1.82, 2.24) is 4.90 Å². The summed E-state index contributed by atoms with van der Waals surface area (Å²) in [5, 5.41) is 8.79. The molecular formula is C17H25NO3. The molecule has 0 bridgehead atoms. The standard InChI is InChI=1S/C17H25NO3/c1-21-13-16-6-4-15(5-7-16)12-18-10-2-3-14(11-18)8-9-17(19)20/h4-7,14H,2-3,8-13H2,1H3,(H,19,20). The summed E-state index contributed by atoms with van der Waals surface area (Å²) >= 11 is 0. The van der Waals surface area contributed by atoms with Gasteiger partial charge >= 0.3 is 5.97 Å². The molecule has 4 nitrogen and oxygen atoms in total. The molecule has 2 rings (SSSR count). The maximum absolute atomic E-state index is 10.7. The van der Waals surface area contributed by atoms with Crippen LogP contribution in [-0.4, -0.2) is 36.2 Å². The number of carboxylic acids is 1. The van der Waals surface area contributed by atoms with Gasteiger partial charge in [0.2, 0.25) is 0 Å². The second-order valence-corrected chi connectivity index (χ2v) is 5.93. The molecule has 1 aliphatic heterocycles. The quantitative estimate of drug-likeness (QED) is 0.839. The number of methoxy groups -OCH3 is 1. The molecule has 0 spiro atoms. The van der Waals surface area contributed by atoms with Gasteiger partial charge in [0.15, 0.2) is 0 Å². The van der Waals surface area contributed by atoms with E-state index < -0.39 is 5.97 Å². The zero-order valence-corrected chi connectivity index (χ0v) is 12.8. The zero-order valence-electron chi connectivity index (χ0n) is 12.8. The number of benzene rings is 1. The molecule has 1 fully saturated rings. The molecule has 21 heavy (non-hydrogen) atoms. The lowest BCUT2D eigenvalue weighted by molar-refractivity contribution is -0.137. The Labute approximate surface area is 126 Å². The summed E-state index contributed by atoms with van der Waals surface area (Å²) in [4.78, 5) is 13.1. The molecule has 1 aromatic carbocycles. The van der Waals surface area contributed by atoms with Gasteiger partial charge in [-0.15, -0.1) is 0 Å². The van der Waals surface area contributed by atoms with E-state index in [1.165, 1.54) is 17.5 Å². The Balaban J connectivity index is 1.82. The van der Waals surface area contributed by atoms with Crippen LogP contribution in [0.3, 0.4) is 0 Å². The van der Waals surface area contributed by atoms with E-state index >= 15 is 0 Å². The summed E-state index contributed by atoms with van der Waals surface area (Å²) < 4.78 is 5.12. The van der Waals surface area contributed by atoms with Crippen LogP contribution in [0, 0.1) is 5.92 Å². The number of hydrogen-bond donors (Lipinski definition) is 1. The van der Waals surface area contributed by atoms with Gasteiger partial charge in [-0.1, -0.05) is 24.3 Å². The van der Waals surface area contributed by atoms with Crippen LogP contribution in [-0.2, 0) is 22.7 Å². The Kier molecular flexibility index (Phi) is 6.21. The Bertz CT molecular complexity index is 444. The van der Waals surface area contributed by atoms with Crippen LogP contribution in [0.4, 0.5) is 0 Å². The van der Waals surface area contributed by atoms with Crippen LogP contribution < -0.4 is 0 Å². The van der Waals surface area contributed by atoms with Gasteiger partial charge in [-0.3, -0.25) is 9.69 Å². The van der Waals surface area contributed by atoms with E-state index in [1.807, 2.05) is 0 Å².